The summed E-state index contributed by atoms with van der Waals surface area (Å²) >= 11 is 6.18. The van der Waals surface area contributed by atoms with Crippen LogP contribution >= 0.6 is 11.6 Å². The topological polar surface area (TPSA) is 29.5 Å². The summed E-state index contributed by atoms with van der Waals surface area (Å²) < 4.78 is 19.0. The number of nitrogens with zero attached hydrogens (tertiary/aromatic N) is 1. The zero-order valence-electron chi connectivity index (χ0n) is 13.6. The molecule has 0 aliphatic carbocycles. The molecule has 3 rings (SSSR count). The SMILES string of the molecule is CC1(C)COC(c2ccc(F)cc2)CN1C(=O)c1ccccc1Cl. The van der Waals surface area contributed by atoms with Crippen molar-refractivity contribution in [2.45, 2.75) is 25.5 Å². The molecule has 1 heterocycles. The molecule has 2 aromatic rings. The monoisotopic (exact) mass is 347 g/mol. The third-order valence-electron chi connectivity index (χ3n) is 4.31. The molecule has 0 aromatic heterocycles. The molecule has 2 aromatic carbocycles. The zero-order chi connectivity index (χ0) is 17.3. The molecule has 0 radical (unpaired) electrons. The molecule has 0 spiro atoms. The Hall–Kier alpha value is -1.91. The Labute approximate surface area is 146 Å². The van der Waals surface area contributed by atoms with E-state index in [2.05, 4.69) is 0 Å². The van der Waals surface area contributed by atoms with Gasteiger partial charge < -0.3 is 9.64 Å². The van der Waals surface area contributed by atoms with E-state index in [-0.39, 0.29) is 17.8 Å². The molecule has 1 amide bonds. The largest absolute Gasteiger partial charge is 0.369 e. The number of hydrogen-bond acceptors (Lipinski definition) is 2. The maximum atomic E-state index is 13.1. The van der Waals surface area contributed by atoms with Crippen molar-refractivity contribution < 1.29 is 13.9 Å². The molecule has 3 nitrogen and oxygen atoms in total. The second-order valence-electron chi connectivity index (χ2n) is 6.56. The molecule has 126 valence electrons. The molecule has 0 N–H and O–H groups in total. The van der Waals surface area contributed by atoms with Crippen LogP contribution in [0.4, 0.5) is 4.39 Å². The number of ether oxygens (including phenoxy) is 1. The van der Waals surface area contributed by atoms with Crippen molar-refractivity contribution in [2.24, 2.45) is 0 Å². The van der Waals surface area contributed by atoms with Gasteiger partial charge in [-0.05, 0) is 43.7 Å². The molecule has 1 saturated heterocycles. The summed E-state index contributed by atoms with van der Waals surface area (Å²) in [5.41, 5.74) is 0.878. The minimum atomic E-state index is -0.452. The lowest BCUT2D eigenvalue weighted by Crippen LogP contribution is -2.56. The second-order valence-corrected chi connectivity index (χ2v) is 6.97. The third-order valence-corrected chi connectivity index (χ3v) is 4.64. The van der Waals surface area contributed by atoms with Crippen LogP contribution in [-0.4, -0.2) is 29.5 Å². The Balaban J connectivity index is 1.88. The van der Waals surface area contributed by atoms with E-state index >= 15 is 0 Å². The fraction of sp³-hybridized carbons (Fsp3) is 0.316. The molecule has 0 saturated carbocycles. The fourth-order valence-electron chi connectivity index (χ4n) is 2.87. The van der Waals surface area contributed by atoms with E-state index in [1.54, 1.807) is 41.3 Å². The zero-order valence-corrected chi connectivity index (χ0v) is 14.4. The molecule has 1 unspecified atom stereocenters. The summed E-state index contributed by atoms with van der Waals surface area (Å²) in [4.78, 5) is 14.8. The number of halogens is 2. The lowest BCUT2D eigenvalue weighted by atomic mass is 9.96. The summed E-state index contributed by atoms with van der Waals surface area (Å²) in [5, 5.41) is 0.433. The van der Waals surface area contributed by atoms with Crippen molar-refractivity contribution in [3.8, 4) is 0 Å². The lowest BCUT2D eigenvalue weighted by Gasteiger charge is -2.45. The average molecular weight is 348 g/mol. The predicted molar refractivity (Wildman–Crippen MR) is 91.7 cm³/mol. The van der Waals surface area contributed by atoms with Crippen LogP contribution in [-0.2, 0) is 4.74 Å². The molecular formula is C19H19ClFNO2. The summed E-state index contributed by atoms with van der Waals surface area (Å²) in [7, 11) is 0. The first-order valence-corrected chi connectivity index (χ1v) is 8.20. The van der Waals surface area contributed by atoms with Gasteiger partial charge in [-0.2, -0.15) is 0 Å². The number of rotatable bonds is 2. The van der Waals surface area contributed by atoms with Gasteiger partial charge in [0.25, 0.3) is 5.91 Å². The molecule has 1 fully saturated rings. The van der Waals surface area contributed by atoms with Gasteiger partial charge in [0.05, 0.1) is 29.3 Å². The predicted octanol–water partition coefficient (Wildman–Crippen LogP) is 4.47. The van der Waals surface area contributed by atoms with E-state index in [0.29, 0.717) is 23.7 Å². The summed E-state index contributed by atoms with van der Waals surface area (Å²) in [6, 6.07) is 13.2. The highest BCUT2D eigenvalue weighted by atomic mass is 35.5. The number of benzene rings is 2. The molecule has 1 atom stereocenters. The van der Waals surface area contributed by atoms with Crippen LogP contribution in [0, 0.1) is 5.82 Å². The minimum Gasteiger partial charge on any atom is -0.369 e. The highest BCUT2D eigenvalue weighted by Gasteiger charge is 2.39. The van der Waals surface area contributed by atoms with Crippen LogP contribution in [0.3, 0.4) is 0 Å². The smallest absolute Gasteiger partial charge is 0.255 e. The quantitative estimate of drug-likeness (QED) is 0.802. The first kappa shape index (κ1) is 16.9. The normalized spacial score (nSPS) is 20.0. The first-order valence-electron chi connectivity index (χ1n) is 7.82. The van der Waals surface area contributed by atoms with E-state index < -0.39 is 5.54 Å². The number of carbonyl (C=O) groups excluding carboxylic acids is 1. The van der Waals surface area contributed by atoms with Gasteiger partial charge in [-0.1, -0.05) is 35.9 Å². The van der Waals surface area contributed by atoms with Crippen LogP contribution in [0.5, 0.6) is 0 Å². The van der Waals surface area contributed by atoms with Gasteiger partial charge >= 0.3 is 0 Å². The van der Waals surface area contributed by atoms with Gasteiger partial charge in [-0.25, -0.2) is 4.39 Å². The van der Waals surface area contributed by atoms with Crippen LogP contribution in [0.1, 0.15) is 35.9 Å². The van der Waals surface area contributed by atoms with Gasteiger partial charge in [-0.3, -0.25) is 4.79 Å². The van der Waals surface area contributed by atoms with Gasteiger partial charge in [0, 0.05) is 0 Å². The van der Waals surface area contributed by atoms with Crippen molar-refractivity contribution in [3.63, 3.8) is 0 Å². The number of morpholine rings is 1. The van der Waals surface area contributed by atoms with Gasteiger partial charge in [0.1, 0.15) is 11.9 Å². The van der Waals surface area contributed by atoms with E-state index in [1.165, 1.54) is 12.1 Å². The van der Waals surface area contributed by atoms with Crippen molar-refractivity contribution in [3.05, 3.63) is 70.5 Å². The van der Waals surface area contributed by atoms with Crippen molar-refractivity contribution >= 4 is 17.5 Å². The van der Waals surface area contributed by atoms with Crippen LogP contribution in [0.15, 0.2) is 48.5 Å². The second kappa shape index (κ2) is 6.54. The van der Waals surface area contributed by atoms with Crippen LogP contribution in [0.2, 0.25) is 5.02 Å². The van der Waals surface area contributed by atoms with Crippen molar-refractivity contribution in [1.82, 2.24) is 4.90 Å². The molecule has 1 aliphatic rings. The van der Waals surface area contributed by atoms with E-state index in [9.17, 15) is 9.18 Å². The van der Waals surface area contributed by atoms with E-state index in [4.69, 9.17) is 16.3 Å². The Kier molecular flexibility index (Phi) is 4.61. The molecule has 1 aliphatic heterocycles. The maximum Gasteiger partial charge on any atom is 0.255 e. The highest BCUT2D eigenvalue weighted by Crippen LogP contribution is 2.32. The maximum absolute atomic E-state index is 13.1. The lowest BCUT2D eigenvalue weighted by molar-refractivity contribution is -0.0846. The Morgan fingerprint density at radius 3 is 2.54 bits per heavy atom. The Morgan fingerprint density at radius 2 is 1.88 bits per heavy atom. The summed E-state index contributed by atoms with van der Waals surface area (Å²) in [6.07, 6.45) is -0.287. The van der Waals surface area contributed by atoms with Crippen LogP contribution < -0.4 is 0 Å². The van der Waals surface area contributed by atoms with Crippen molar-refractivity contribution in [2.75, 3.05) is 13.2 Å². The number of amides is 1. The molecule has 0 bridgehead atoms. The summed E-state index contributed by atoms with van der Waals surface area (Å²) in [6.45, 7) is 4.71. The summed E-state index contributed by atoms with van der Waals surface area (Å²) in [5.74, 6) is -0.417. The average Bonchev–Trinajstić information content (AvgIpc) is 2.55. The molecule has 5 heteroatoms. The first-order chi connectivity index (χ1) is 11.4. The highest BCUT2D eigenvalue weighted by molar-refractivity contribution is 6.33. The molecular weight excluding hydrogens is 329 g/mol. The Morgan fingerprint density at radius 1 is 1.21 bits per heavy atom. The minimum absolute atomic E-state index is 0.124. The van der Waals surface area contributed by atoms with Crippen LogP contribution in [0.25, 0.3) is 0 Å². The van der Waals surface area contributed by atoms with Crippen molar-refractivity contribution in [1.29, 1.82) is 0 Å². The molecule has 24 heavy (non-hydrogen) atoms. The fourth-order valence-corrected chi connectivity index (χ4v) is 3.08. The van der Waals surface area contributed by atoms with Gasteiger partial charge in [0.15, 0.2) is 0 Å². The van der Waals surface area contributed by atoms with Gasteiger partial charge in [-0.15, -0.1) is 0 Å². The number of carbonyl (C=O) groups is 1. The number of hydrogen-bond donors (Lipinski definition) is 0. The van der Waals surface area contributed by atoms with E-state index in [0.717, 1.165) is 5.56 Å². The Bertz CT molecular complexity index is 745. The van der Waals surface area contributed by atoms with E-state index in [1.807, 2.05) is 13.8 Å². The third kappa shape index (κ3) is 3.30. The standard InChI is InChI=1S/C19H19ClFNO2/c1-19(2)12-24-17(13-7-9-14(21)10-8-13)11-22(19)18(23)15-5-3-4-6-16(15)20/h3-10,17H,11-12H2,1-2H3. The van der Waals surface area contributed by atoms with Gasteiger partial charge in [0.2, 0.25) is 0 Å².